The molecule has 214 valence electrons. The Morgan fingerprint density at radius 3 is 2.33 bits per heavy atom. The van der Waals surface area contributed by atoms with Gasteiger partial charge in [-0.1, -0.05) is 84.0 Å². The Morgan fingerprint density at radius 2 is 1.77 bits per heavy atom. The Bertz CT molecular complexity index is 1310. The van der Waals surface area contributed by atoms with Crippen molar-refractivity contribution >= 4 is 11.9 Å². The molecule has 3 N–H and O–H groups in total. The van der Waals surface area contributed by atoms with Gasteiger partial charge in [-0.15, -0.1) is 0 Å². The highest BCUT2D eigenvalue weighted by Crippen LogP contribution is 2.48. The number of likely N-dealkylation sites (tertiary alicyclic amines) is 1. The van der Waals surface area contributed by atoms with Crippen molar-refractivity contribution < 1.29 is 19.4 Å². The van der Waals surface area contributed by atoms with E-state index in [9.17, 15) is 14.7 Å². The molecule has 0 spiro atoms. The summed E-state index contributed by atoms with van der Waals surface area (Å²) in [6.07, 6.45) is 3.17. The molecule has 1 fully saturated rings. The molecule has 8 heteroatoms. The standard InChI is InChI=1S/C32H42N4O4/c1-31(2,3)22-13-14-24(40-7)21(15-22)17-34-27-26(32(4,5)6)29(30(38)39)36(25(37)16-23-18-33-19-35-23)28(27)20-11-9-8-10-12-20/h8-15,18-19,26-29,34H,16-17H2,1-7H3,(H,33,35)(H,38,39)/t26-,27-,28-,29-/m0/s1. The van der Waals surface area contributed by atoms with Gasteiger partial charge in [0.05, 0.1) is 25.9 Å². The normalized spacial score (nSPS) is 21.4. The monoisotopic (exact) mass is 546 g/mol. The van der Waals surface area contributed by atoms with Gasteiger partial charge in [-0.3, -0.25) is 4.79 Å². The molecule has 1 aliphatic rings. The maximum absolute atomic E-state index is 13.9. The average Bonchev–Trinajstić information content (AvgIpc) is 3.53. The lowest BCUT2D eigenvalue weighted by atomic mass is 9.72. The minimum absolute atomic E-state index is 0.0398. The molecule has 40 heavy (non-hydrogen) atoms. The van der Waals surface area contributed by atoms with Crippen LogP contribution in [-0.2, 0) is 28.0 Å². The lowest BCUT2D eigenvalue weighted by Gasteiger charge is -2.35. The Hall–Kier alpha value is -3.65. The summed E-state index contributed by atoms with van der Waals surface area (Å²) in [4.78, 5) is 35.5. The number of aromatic amines is 1. The summed E-state index contributed by atoms with van der Waals surface area (Å²) in [5.41, 5.74) is 3.25. The maximum atomic E-state index is 13.9. The van der Waals surface area contributed by atoms with Crippen LogP contribution in [0.5, 0.6) is 5.75 Å². The van der Waals surface area contributed by atoms with E-state index in [0.717, 1.165) is 16.9 Å². The Kier molecular flexibility index (Phi) is 8.40. The Balaban J connectivity index is 1.81. The van der Waals surface area contributed by atoms with E-state index in [-0.39, 0.29) is 29.7 Å². The summed E-state index contributed by atoms with van der Waals surface area (Å²) in [6, 6.07) is 14.1. The van der Waals surface area contributed by atoms with Gasteiger partial charge in [0.25, 0.3) is 0 Å². The number of carboxylic acid groups (broad SMARTS) is 1. The first kappa shape index (κ1) is 29.3. The van der Waals surface area contributed by atoms with Crippen LogP contribution in [0.25, 0.3) is 0 Å². The largest absolute Gasteiger partial charge is 0.496 e. The molecule has 1 aliphatic heterocycles. The second-order valence-electron chi connectivity index (χ2n) is 12.8. The predicted octanol–water partition coefficient (Wildman–Crippen LogP) is 5.12. The van der Waals surface area contributed by atoms with Crippen molar-refractivity contribution in [1.29, 1.82) is 0 Å². The van der Waals surface area contributed by atoms with Gasteiger partial charge in [0, 0.05) is 36.0 Å². The summed E-state index contributed by atoms with van der Waals surface area (Å²) < 4.78 is 5.70. The lowest BCUT2D eigenvalue weighted by molar-refractivity contribution is -0.152. The van der Waals surface area contributed by atoms with E-state index in [1.807, 2.05) is 57.2 Å². The molecule has 0 aliphatic carbocycles. The molecule has 8 nitrogen and oxygen atoms in total. The number of nitrogens with one attached hydrogen (secondary N) is 2. The minimum Gasteiger partial charge on any atom is -0.496 e. The first-order valence-electron chi connectivity index (χ1n) is 13.8. The number of rotatable bonds is 8. The van der Waals surface area contributed by atoms with Crippen LogP contribution < -0.4 is 10.1 Å². The zero-order chi connectivity index (χ0) is 29.2. The number of amides is 1. The van der Waals surface area contributed by atoms with E-state index < -0.39 is 23.5 Å². The molecule has 0 saturated carbocycles. The highest BCUT2D eigenvalue weighted by Gasteiger charge is 2.57. The van der Waals surface area contributed by atoms with Crippen LogP contribution in [0.4, 0.5) is 0 Å². The SMILES string of the molecule is COc1ccc(C(C)(C)C)cc1CN[C@H]1[C@H](C(C)(C)C)[C@@H](C(=O)O)N(C(=O)Cc2cnc[nH]2)[C@H]1c1ccccc1. The van der Waals surface area contributed by atoms with Crippen molar-refractivity contribution in [2.75, 3.05) is 7.11 Å². The molecule has 4 atom stereocenters. The number of nitrogens with zero attached hydrogens (tertiary/aromatic N) is 2. The average molecular weight is 547 g/mol. The fourth-order valence-electron chi connectivity index (χ4n) is 6.01. The number of imidazole rings is 1. The molecule has 1 amide bonds. The van der Waals surface area contributed by atoms with Gasteiger partial charge in [0.2, 0.25) is 5.91 Å². The van der Waals surface area contributed by atoms with E-state index in [4.69, 9.17) is 4.74 Å². The number of carbonyl (C=O) groups excluding carboxylic acids is 1. The number of H-pyrrole nitrogens is 1. The summed E-state index contributed by atoms with van der Waals surface area (Å²) in [5, 5.41) is 14.3. The number of ether oxygens (including phenoxy) is 1. The van der Waals surface area contributed by atoms with Gasteiger partial charge in [-0.25, -0.2) is 9.78 Å². The number of methoxy groups -OCH3 is 1. The van der Waals surface area contributed by atoms with Crippen molar-refractivity contribution in [2.24, 2.45) is 11.3 Å². The lowest BCUT2D eigenvalue weighted by Crippen LogP contribution is -2.48. The molecule has 0 unspecified atom stereocenters. The van der Waals surface area contributed by atoms with Gasteiger partial charge in [-0.05, 0) is 28.0 Å². The third-order valence-corrected chi connectivity index (χ3v) is 7.92. The van der Waals surface area contributed by atoms with E-state index >= 15 is 0 Å². The van der Waals surface area contributed by atoms with Gasteiger partial charge in [0.1, 0.15) is 11.8 Å². The molecular weight excluding hydrogens is 504 g/mol. The summed E-state index contributed by atoms with van der Waals surface area (Å²) in [5.74, 6) is -0.867. The van der Waals surface area contributed by atoms with Crippen molar-refractivity contribution in [3.63, 3.8) is 0 Å². The van der Waals surface area contributed by atoms with Gasteiger partial charge in [0.15, 0.2) is 0 Å². The Labute approximate surface area is 237 Å². The summed E-state index contributed by atoms with van der Waals surface area (Å²) in [7, 11) is 1.66. The van der Waals surface area contributed by atoms with Crippen LogP contribution in [0.2, 0.25) is 0 Å². The second-order valence-corrected chi connectivity index (χ2v) is 12.8. The third kappa shape index (κ3) is 6.07. The molecule has 1 saturated heterocycles. The topological polar surface area (TPSA) is 108 Å². The van der Waals surface area contributed by atoms with E-state index in [2.05, 4.69) is 48.2 Å². The molecular formula is C32H42N4O4. The Morgan fingerprint density at radius 1 is 1.07 bits per heavy atom. The highest BCUT2D eigenvalue weighted by atomic mass is 16.5. The van der Waals surface area contributed by atoms with Gasteiger partial charge >= 0.3 is 5.97 Å². The van der Waals surface area contributed by atoms with Crippen LogP contribution in [0, 0.1) is 11.3 Å². The minimum atomic E-state index is -1.01. The van der Waals surface area contributed by atoms with Crippen LogP contribution in [0.3, 0.4) is 0 Å². The van der Waals surface area contributed by atoms with Crippen molar-refractivity contribution in [3.8, 4) is 5.75 Å². The van der Waals surface area contributed by atoms with E-state index in [1.54, 1.807) is 18.2 Å². The fraction of sp³-hybridized carbons (Fsp3) is 0.469. The number of benzene rings is 2. The summed E-state index contributed by atoms with van der Waals surface area (Å²) in [6.45, 7) is 13.1. The molecule has 0 radical (unpaired) electrons. The van der Waals surface area contributed by atoms with Crippen molar-refractivity contribution in [1.82, 2.24) is 20.2 Å². The molecule has 2 aromatic carbocycles. The number of aromatic nitrogens is 2. The zero-order valence-electron chi connectivity index (χ0n) is 24.6. The quantitative estimate of drug-likeness (QED) is 0.362. The molecule has 3 aromatic rings. The molecule has 1 aromatic heterocycles. The molecule has 0 bridgehead atoms. The number of hydrogen-bond acceptors (Lipinski definition) is 5. The number of carboxylic acids is 1. The van der Waals surface area contributed by atoms with Crippen molar-refractivity contribution in [2.45, 2.75) is 78.0 Å². The zero-order valence-corrected chi connectivity index (χ0v) is 24.6. The predicted molar refractivity (Wildman–Crippen MR) is 155 cm³/mol. The van der Waals surface area contributed by atoms with Crippen LogP contribution in [-0.4, -0.2) is 51.0 Å². The number of aliphatic carboxylic acids is 1. The maximum Gasteiger partial charge on any atom is 0.326 e. The summed E-state index contributed by atoms with van der Waals surface area (Å²) >= 11 is 0. The number of carbonyl (C=O) groups is 2. The highest BCUT2D eigenvalue weighted by molar-refractivity contribution is 5.86. The number of hydrogen-bond donors (Lipinski definition) is 3. The second kappa shape index (κ2) is 11.5. The van der Waals surface area contributed by atoms with Crippen LogP contribution in [0.15, 0.2) is 61.1 Å². The molecule has 2 heterocycles. The smallest absolute Gasteiger partial charge is 0.326 e. The van der Waals surface area contributed by atoms with Gasteiger partial charge in [-0.2, -0.15) is 0 Å². The first-order chi connectivity index (χ1) is 18.8. The van der Waals surface area contributed by atoms with Crippen LogP contribution in [0.1, 0.15) is 70.0 Å². The fourth-order valence-corrected chi connectivity index (χ4v) is 6.01. The van der Waals surface area contributed by atoms with E-state index in [0.29, 0.717) is 12.2 Å². The van der Waals surface area contributed by atoms with E-state index in [1.165, 1.54) is 11.9 Å². The van der Waals surface area contributed by atoms with Crippen molar-refractivity contribution in [3.05, 3.63) is 83.4 Å². The third-order valence-electron chi connectivity index (χ3n) is 7.92. The molecule has 4 rings (SSSR count). The van der Waals surface area contributed by atoms with Gasteiger partial charge < -0.3 is 25.0 Å². The van der Waals surface area contributed by atoms with Crippen LogP contribution >= 0.6 is 0 Å². The first-order valence-corrected chi connectivity index (χ1v) is 13.8.